The van der Waals surface area contributed by atoms with Gasteiger partial charge >= 0.3 is 7.12 Å². The largest absolute Gasteiger partial charge is 0.491 e. The molecular formula is C23H29BO2. The normalized spacial score (nSPS) is 19.4. The first-order valence-electron chi connectivity index (χ1n) is 9.36. The molecule has 0 aromatic heterocycles. The van der Waals surface area contributed by atoms with Gasteiger partial charge in [0.15, 0.2) is 0 Å². The zero-order valence-electron chi connectivity index (χ0n) is 16.8. The number of hydrogen-bond acceptors (Lipinski definition) is 2. The number of rotatable bonds is 4. The van der Waals surface area contributed by atoms with Crippen molar-refractivity contribution in [3.8, 4) is 0 Å². The average Bonchev–Trinajstić information content (AvgIpc) is 2.82. The van der Waals surface area contributed by atoms with Crippen LogP contribution >= 0.6 is 0 Å². The molecule has 0 aliphatic carbocycles. The molecule has 3 rings (SSSR count). The van der Waals surface area contributed by atoms with E-state index in [0.29, 0.717) is 0 Å². The maximum Gasteiger partial charge on any atom is 0.491 e. The molecule has 0 unspecified atom stereocenters. The van der Waals surface area contributed by atoms with Crippen LogP contribution in [0.2, 0.25) is 0 Å². The Morgan fingerprint density at radius 1 is 0.846 bits per heavy atom. The maximum atomic E-state index is 6.40. The summed E-state index contributed by atoms with van der Waals surface area (Å²) in [7, 11) is -0.334. The molecule has 1 heterocycles. The predicted molar refractivity (Wildman–Crippen MR) is 110 cm³/mol. The highest BCUT2D eigenvalue weighted by Gasteiger charge is 2.52. The van der Waals surface area contributed by atoms with Crippen molar-refractivity contribution in [2.24, 2.45) is 0 Å². The van der Waals surface area contributed by atoms with E-state index in [9.17, 15) is 0 Å². The topological polar surface area (TPSA) is 18.5 Å². The molecule has 1 aliphatic heterocycles. The third kappa shape index (κ3) is 3.65. The van der Waals surface area contributed by atoms with Crippen LogP contribution in [0, 0.1) is 6.92 Å². The third-order valence-corrected chi connectivity index (χ3v) is 5.87. The summed E-state index contributed by atoms with van der Waals surface area (Å²) in [6, 6.07) is 19.0. The lowest BCUT2D eigenvalue weighted by Crippen LogP contribution is -2.41. The Bertz CT molecular complexity index is 790. The minimum absolute atomic E-state index is 0.334. The highest BCUT2D eigenvalue weighted by molar-refractivity contribution is 6.56. The Hall–Kier alpha value is -1.84. The summed E-state index contributed by atoms with van der Waals surface area (Å²) in [5, 5.41) is 0. The highest BCUT2D eigenvalue weighted by Crippen LogP contribution is 2.40. The van der Waals surface area contributed by atoms with E-state index in [-0.39, 0.29) is 18.3 Å². The number of aryl methyl sites for hydroxylation is 1. The standard InChI is InChI=1S/C23H29BO2/c1-17-12-10-11-15-20(17)16-21(18(2)19-13-8-7-9-14-19)24-25-22(3,4)23(5,6)26-24/h7-15H,16H2,1-6H3/b21-18-. The first-order valence-corrected chi connectivity index (χ1v) is 9.36. The van der Waals surface area contributed by atoms with Crippen LogP contribution in [0.3, 0.4) is 0 Å². The zero-order chi connectivity index (χ0) is 18.9. The van der Waals surface area contributed by atoms with Crippen molar-refractivity contribution in [2.45, 2.75) is 59.2 Å². The molecule has 0 atom stereocenters. The summed E-state index contributed by atoms with van der Waals surface area (Å²) < 4.78 is 12.8. The fraction of sp³-hybridized carbons (Fsp3) is 0.391. The van der Waals surface area contributed by atoms with Crippen molar-refractivity contribution in [1.82, 2.24) is 0 Å². The summed E-state index contributed by atoms with van der Waals surface area (Å²) >= 11 is 0. The molecule has 2 nitrogen and oxygen atoms in total. The lowest BCUT2D eigenvalue weighted by atomic mass is 9.70. The Labute approximate surface area is 158 Å². The first kappa shape index (κ1) is 18.9. The average molecular weight is 348 g/mol. The van der Waals surface area contributed by atoms with Gasteiger partial charge in [-0.15, -0.1) is 0 Å². The van der Waals surface area contributed by atoms with Crippen LogP contribution in [0.5, 0.6) is 0 Å². The second kappa shape index (κ2) is 7.05. The molecule has 136 valence electrons. The maximum absolute atomic E-state index is 6.40. The van der Waals surface area contributed by atoms with Crippen molar-refractivity contribution < 1.29 is 9.31 Å². The van der Waals surface area contributed by atoms with Crippen LogP contribution in [-0.2, 0) is 15.7 Å². The van der Waals surface area contributed by atoms with Gasteiger partial charge in [-0.2, -0.15) is 0 Å². The van der Waals surface area contributed by atoms with Gasteiger partial charge in [0.2, 0.25) is 0 Å². The van der Waals surface area contributed by atoms with Crippen LogP contribution in [0.15, 0.2) is 60.1 Å². The van der Waals surface area contributed by atoms with Crippen molar-refractivity contribution >= 4 is 12.7 Å². The molecule has 0 bridgehead atoms. The predicted octanol–water partition coefficient (Wildman–Crippen LogP) is 5.64. The molecular weight excluding hydrogens is 319 g/mol. The molecule has 1 saturated heterocycles. The number of benzene rings is 2. The highest BCUT2D eigenvalue weighted by atomic mass is 16.7. The fourth-order valence-electron chi connectivity index (χ4n) is 3.27. The van der Waals surface area contributed by atoms with Crippen molar-refractivity contribution in [3.05, 3.63) is 76.8 Å². The van der Waals surface area contributed by atoms with Crippen LogP contribution in [0.1, 0.15) is 51.3 Å². The third-order valence-electron chi connectivity index (χ3n) is 5.87. The van der Waals surface area contributed by atoms with E-state index in [4.69, 9.17) is 9.31 Å². The molecule has 0 radical (unpaired) electrons. The van der Waals surface area contributed by atoms with Crippen molar-refractivity contribution in [1.29, 1.82) is 0 Å². The van der Waals surface area contributed by atoms with Gasteiger partial charge in [0.25, 0.3) is 0 Å². The molecule has 0 N–H and O–H groups in total. The minimum atomic E-state index is -0.342. The molecule has 0 saturated carbocycles. The molecule has 3 heteroatoms. The number of hydrogen-bond donors (Lipinski definition) is 0. The first-order chi connectivity index (χ1) is 12.2. The molecule has 26 heavy (non-hydrogen) atoms. The van der Waals surface area contributed by atoms with E-state index in [1.165, 1.54) is 27.7 Å². The van der Waals surface area contributed by atoms with Gasteiger partial charge in [-0.1, -0.05) is 54.6 Å². The lowest BCUT2D eigenvalue weighted by Gasteiger charge is -2.32. The Morgan fingerprint density at radius 2 is 1.38 bits per heavy atom. The van der Waals surface area contributed by atoms with Crippen molar-refractivity contribution in [2.75, 3.05) is 0 Å². The summed E-state index contributed by atoms with van der Waals surface area (Å²) in [6.07, 6.45) is 0.824. The van der Waals surface area contributed by atoms with Gasteiger partial charge < -0.3 is 9.31 Å². The van der Waals surface area contributed by atoms with Gasteiger partial charge in [0.05, 0.1) is 11.2 Å². The molecule has 2 aromatic carbocycles. The van der Waals surface area contributed by atoms with Crippen LogP contribution < -0.4 is 0 Å². The molecule has 1 aliphatic rings. The zero-order valence-corrected chi connectivity index (χ0v) is 16.8. The Kier molecular flexibility index (Phi) is 5.14. The second-order valence-electron chi connectivity index (χ2n) is 8.21. The molecule has 1 fully saturated rings. The summed E-state index contributed by atoms with van der Waals surface area (Å²) in [5.41, 5.74) is 5.56. The van der Waals surface area contributed by atoms with Crippen molar-refractivity contribution in [3.63, 3.8) is 0 Å². The van der Waals surface area contributed by atoms with Crippen LogP contribution in [0.25, 0.3) is 5.57 Å². The van der Waals surface area contributed by atoms with E-state index < -0.39 is 0 Å². The molecule has 0 spiro atoms. The fourth-order valence-corrected chi connectivity index (χ4v) is 3.27. The second-order valence-corrected chi connectivity index (χ2v) is 8.21. The summed E-state index contributed by atoms with van der Waals surface area (Å²) in [4.78, 5) is 0. The van der Waals surface area contributed by atoms with E-state index in [2.05, 4.69) is 90.1 Å². The Balaban J connectivity index is 2.05. The van der Waals surface area contributed by atoms with Gasteiger partial charge in [0.1, 0.15) is 0 Å². The summed E-state index contributed by atoms with van der Waals surface area (Å²) in [5.74, 6) is 0. The quantitative estimate of drug-likeness (QED) is 0.666. The smallest absolute Gasteiger partial charge is 0.400 e. The molecule has 2 aromatic rings. The van der Waals surface area contributed by atoms with E-state index in [1.807, 2.05) is 6.07 Å². The Morgan fingerprint density at radius 3 is 1.96 bits per heavy atom. The number of allylic oxidation sites excluding steroid dienone is 2. The SMILES string of the molecule is C/C(=C(\Cc1ccccc1C)B1OC(C)(C)C(C)(C)O1)c1ccccc1. The summed E-state index contributed by atoms with van der Waals surface area (Å²) in [6.45, 7) is 12.8. The lowest BCUT2D eigenvalue weighted by molar-refractivity contribution is 0.00578. The molecule has 0 amide bonds. The van der Waals surface area contributed by atoms with E-state index in [0.717, 1.165) is 6.42 Å². The minimum Gasteiger partial charge on any atom is -0.400 e. The van der Waals surface area contributed by atoms with Gasteiger partial charge in [-0.25, -0.2) is 0 Å². The van der Waals surface area contributed by atoms with Gasteiger partial charge in [-0.3, -0.25) is 0 Å². The van der Waals surface area contributed by atoms with E-state index in [1.54, 1.807) is 0 Å². The van der Waals surface area contributed by atoms with Crippen LogP contribution in [0.4, 0.5) is 0 Å². The van der Waals surface area contributed by atoms with E-state index >= 15 is 0 Å². The monoisotopic (exact) mass is 348 g/mol. The van der Waals surface area contributed by atoms with Gasteiger partial charge in [-0.05, 0) is 75.7 Å². The van der Waals surface area contributed by atoms with Gasteiger partial charge in [0, 0.05) is 0 Å². The van der Waals surface area contributed by atoms with Crippen LogP contribution in [-0.4, -0.2) is 18.3 Å².